The number of aliphatic hydroxyl groups is 2. The van der Waals surface area contributed by atoms with Crippen molar-refractivity contribution in [2.24, 2.45) is 11.8 Å². The molecule has 0 bridgehead atoms. The third-order valence-corrected chi connectivity index (χ3v) is 5.90. The Balaban J connectivity index is 2.36. The standard InChI is InChI=1S/C25H40O6/c1-4-7-16-25(29,5-2)17-13-15-21-20(22(26)19-23(21)27)14-11-9-8-10-12-18-31-24(28)30-6-3/h2,13,15,20-21,23,27,29H,4,6-12,14,16-19H2,1,3H3/t20-,21-,23-,25?/m1/s1. The molecular formula is C25H40O6. The van der Waals surface area contributed by atoms with Gasteiger partial charge in [-0.1, -0.05) is 57.1 Å². The van der Waals surface area contributed by atoms with E-state index in [0.717, 1.165) is 51.4 Å². The largest absolute Gasteiger partial charge is 0.508 e. The number of ketones is 1. The Morgan fingerprint density at radius 2 is 1.90 bits per heavy atom. The smallest absolute Gasteiger partial charge is 0.435 e. The minimum atomic E-state index is -1.16. The van der Waals surface area contributed by atoms with E-state index in [4.69, 9.17) is 15.9 Å². The second kappa shape index (κ2) is 15.0. The van der Waals surface area contributed by atoms with E-state index in [1.54, 1.807) is 6.92 Å². The van der Waals surface area contributed by atoms with Crippen LogP contribution in [-0.2, 0) is 14.3 Å². The summed E-state index contributed by atoms with van der Waals surface area (Å²) < 4.78 is 9.63. The SMILES string of the molecule is C#CC(O)(CC=C[C@H]1[C@H](O)CC(=O)[C@@H]1CCCCCCCOC(=O)OCC)CCCC. The van der Waals surface area contributed by atoms with Gasteiger partial charge in [0.15, 0.2) is 0 Å². The van der Waals surface area contributed by atoms with Crippen molar-refractivity contribution in [2.75, 3.05) is 13.2 Å². The molecule has 0 spiro atoms. The van der Waals surface area contributed by atoms with Crippen molar-refractivity contribution in [1.82, 2.24) is 0 Å². The second-order valence-electron chi connectivity index (χ2n) is 8.42. The van der Waals surface area contributed by atoms with E-state index in [1.165, 1.54) is 0 Å². The summed E-state index contributed by atoms with van der Waals surface area (Å²) in [6.07, 6.45) is 16.2. The summed E-state index contributed by atoms with van der Waals surface area (Å²) in [5.74, 6) is 2.22. The van der Waals surface area contributed by atoms with Gasteiger partial charge < -0.3 is 19.7 Å². The van der Waals surface area contributed by atoms with Gasteiger partial charge in [-0.25, -0.2) is 4.79 Å². The fraction of sp³-hybridized carbons (Fsp3) is 0.760. The first-order valence-corrected chi connectivity index (χ1v) is 11.7. The summed E-state index contributed by atoms with van der Waals surface area (Å²) in [5.41, 5.74) is -1.16. The van der Waals surface area contributed by atoms with Crippen LogP contribution in [0.1, 0.15) is 84.5 Å². The fourth-order valence-corrected chi connectivity index (χ4v) is 4.03. The third-order valence-electron chi connectivity index (χ3n) is 5.90. The summed E-state index contributed by atoms with van der Waals surface area (Å²) in [5, 5.41) is 20.8. The van der Waals surface area contributed by atoms with Crippen LogP contribution in [0.25, 0.3) is 0 Å². The maximum absolute atomic E-state index is 12.3. The normalized spacial score (nSPS) is 22.9. The van der Waals surface area contributed by atoms with Gasteiger partial charge in [-0.05, 0) is 32.6 Å². The Morgan fingerprint density at radius 1 is 1.19 bits per heavy atom. The zero-order chi connectivity index (χ0) is 23.1. The highest BCUT2D eigenvalue weighted by Crippen LogP contribution is 2.34. The lowest BCUT2D eigenvalue weighted by atomic mass is 9.87. The molecule has 0 radical (unpaired) electrons. The van der Waals surface area contributed by atoms with Crippen molar-refractivity contribution in [2.45, 2.75) is 96.2 Å². The van der Waals surface area contributed by atoms with Crippen LogP contribution in [0, 0.1) is 24.2 Å². The van der Waals surface area contributed by atoms with Gasteiger partial charge in [-0.15, -0.1) is 6.42 Å². The van der Waals surface area contributed by atoms with Gasteiger partial charge in [0, 0.05) is 24.7 Å². The number of carbonyl (C=O) groups excluding carboxylic acids is 2. The molecule has 6 heteroatoms. The van der Waals surface area contributed by atoms with Crippen molar-refractivity contribution >= 4 is 11.9 Å². The Hall–Kier alpha value is -1.84. The van der Waals surface area contributed by atoms with Gasteiger partial charge in [-0.3, -0.25) is 4.79 Å². The molecule has 6 nitrogen and oxygen atoms in total. The molecule has 1 aliphatic rings. The summed E-state index contributed by atoms with van der Waals surface area (Å²) in [6, 6.07) is 0. The van der Waals surface area contributed by atoms with E-state index in [1.807, 2.05) is 12.2 Å². The number of hydrogen-bond acceptors (Lipinski definition) is 6. The maximum atomic E-state index is 12.3. The quantitative estimate of drug-likeness (QED) is 0.169. The van der Waals surface area contributed by atoms with E-state index in [0.29, 0.717) is 26.1 Å². The zero-order valence-corrected chi connectivity index (χ0v) is 19.2. The van der Waals surface area contributed by atoms with Crippen molar-refractivity contribution in [3.05, 3.63) is 12.2 Å². The maximum Gasteiger partial charge on any atom is 0.508 e. The van der Waals surface area contributed by atoms with Crippen LogP contribution in [0.2, 0.25) is 0 Å². The van der Waals surface area contributed by atoms with Gasteiger partial charge >= 0.3 is 6.16 Å². The lowest BCUT2D eigenvalue weighted by molar-refractivity contribution is -0.121. The molecule has 31 heavy (non-hydrogen) atoms. The monoisotopic (exact) mass is 436 g/mol. The highest BCUT2D eigenvalue weighted by atomic mass is 16.7. The minimum absolute atomic E-state index is 0.114. The predicted molar refractivity (Wildman–Crippen MR) is 120 cm³/mol. The lowest BCUT2D eigenvalue weighted by Crippen LogP contribution is -2.25. The summed E-state index contributed by atoms with van der Waals surface area (Å²) >= 11 is 0. The molecule has 0 aromatic rings. The summed E-state index contributed by atoms with van der Waals surface area (Å²) in [6.45, 7) is 4.46. The van der Waals surface area contributed by atoms with Crippen LogP contribution in [0.3, 0.4) is 0 Å². The number of rotatable bonds is 15. The molecule has 1 aliphatic carbocycles. The molecule has 0 heterocycles. The molecule has 0 saturated heterocycles. The number of terminal acetylenes is 1. The molecule has 1 fully saturated rings. The molecule has 1 saturated carbocycles. The first-order valence-electron chi connectivity index (χ1n) is 11.7. The molecule has 176 valence electrons. The highest BCUT2D eigenvalue weighted by Gasteiger charge is 2.39. The molecule has 2 N–H and O–H groups in total. The number of carbonyl (C=O) groups is 2. The Morgan fingerprint density at radius 3 is 2.58 bits per heavy atom. The minimum Gasteiger partial charge on any atom is -0.435 e. The second-order valence-corrected chi connectivity index (χ2v) is 8.42. The van der Waals surface area contributed by atoms with Crippen LogP contribution >= 0.6 is 0 Å². The highest BCUT2D eigenvalue weighted by molar-refractivity contribution is 5.84. The van der Waals surface area contributed by atoms with E-state index in [2.05, 4.69) is 12.8 Å². The van der Waals surface area contributed by atoms with E-state index >= 15 is 0 Å². The van der Waals surface area contributed by atoms with Crippen molar-refractivity contribution in [3.63, 3.8) is 0 Å². The Bertz CT molecular complexity index is 608. The Kier molecular flexibility index (Phi) is 13.2. The number of unbranched alkanes of at least 4 members (excludes halogenated alkanes) is 5. The number of Topliss-reactive ketones (excluding diaryl/α,β-unsaturated/α-hetero) is 1. The average Bonchev–Trinajstić information content (AvgIpc) is 3.01. The molecular weight excluding hydrogens is 396 g/mol. The third kappa shape index (κ3) is 10.3. The molecule has 0 aliphatic heterocycles. The number of ether oxygens (including phenoxy) is 2. The van der Waals surface area contributed by atoms with Gasteiger partial charge in [0.05, 0.1) is 19.3 Å². The van der Waals surface area contributed by atoms with E-state index in [-0.39, 0.29) is 24.0 Å². The average molecular weight is 437 g/mol. The predicted octanol–water partition coefficient (Wildman–Crippen LogP) is 4.57. The zero-order valence-electron chi connectivity index (χ0n) is 19.2. The van der Waals surface area contributed by atoms with Crippen LogP contribution in [0.5, 0.6) is 0 Å². The molecule has 1 rings (SSSR count). The first kappa shape index (κ1) is 27.2. The molecule has 0 aromatic heterocycles. The van der Waals surface area contributed by atoms with E-state index in [9.17, 15) is 19.8 Å². The summed E-state index contributed by atoms with van der Waals surface area (Å²) in [7, 11) is 0. The molecule has 1 unspecified atom stereocenters. The van der Waals surface area contributed by atoms with Gasteiger partial charge in [0.25, 0.3) is 0 Å². The lowest BCUT2D eigenvalue weighted by Gasteiger charge is -2.21. The van der Waals surface area contributed by atoms with Crippen molar-refractivity contribution in [3.8, 4) is 12.3 Å². The van der Waals surface area contributed by atoms with Crippen molar-refractivity contribution < 1.29 is 29.3 Å². The molecule has 0 amide bonds. The summed E-state index contributed by atoms with van der Waals surface area (Å²) in [4.78, 5) is 23.4. The fourth-order valence-electron chi connectivity index (χ4n) is 4.03. The van der Waals surface area contributed by atoms with Crippen molar-refractivity contribution in [1.29, 1.82) is 0 Å². The molecule has 4 atom stereocenters. The number of hydrogen-bond donors (Lipinski definition) is 2. The van der Waals surface area contributed by atoms with Gasteiger partial charge in [0.1, 0.15) is 11.4 Å². The Labute approximate surface area is 187 Å². The van der Waals surface area contributed by atoms with Gasteiger partial charge in [-0.2, -0.15) is 0 Å². The first-order chi connectivity index (χ1) is 14.9. The van der Waals surface area contributed by atoms with Crippen LogP contribution < -0.4 is 0 Å². The van der Waals surface area contributed by atoms with E-state index < -0.39 is 17.9 Å². The number of aliphatic hydroxyl groups excluding tert-OH is 1. The van der Waals surface area contributed by atoms with Gasteiger partial charge in [0.2, 0.25) is 0 Å². The van der Waals surface area contributed by atoms with Crippen LogP contribution in [0.4, 0.5) is 4.79 Å². The topological polar surface area (TPSA) is 93.1 Å². The van der Waals surface area contributed by atoms with Crippen LogP contribution in [0.15, 0.2) is 12.2 Å². The molecule has 0 aromatic carbocycles. The van der Waals surface area contributed by atoms with Crippen LogP contribution in [-0.4, -0.2) is 47.1 Å².